The van der Waals surface area contributed by atoms with E-state index in [0.717, 1.165) is 0 Å². The van der Waals surface area contributed by atoms with E-state index >= 15 is 0 Å². The van der Waals surface area contributed by atoms with E-state index in [-0.39, 0.29) is 0 Å². The molecular weight excluding hydrogens is 224 g/mol. The Morgan fingerprint density at radius 3 is 1.29 bits per heavy atom. The Labute approximate surface area is 94.6 Å². The lowest BCUT2D eigenvalue weighted by molar-refractivity contribution is 1.31. The molecule has 0 aromatic heterocycles. The van der Waals surface area contributed by atoms with Gasteiger partial charge < -0.3 is 0 Å². The van der Waals surface area contributed by atoms with Crippen LogP contribution >= 0.6 is 11.1 Å². The van der Waals surface area contributed by atoms with Crippen molar-refractivity contribution in [3.05, 3.63) is 21.5 Å². The van der Waals surface area contributed by atoms with E-state index in [9.17, 15) is 0 Å². The molecule has 0 atom stereocenters. The van der Waals surface area contributed by atoms with Gasteiger partial charge >= 0.3 is 0 Å². The predicted molar refractivity (Wildman–Crippen MR) is 71.7 cm³/mol. The third kappa shape index (κ3) is 1.39. The van der Waals surface area contributed by atoms with Crippen LogP contribution in [0.4, 0.5) is 0 Å². The van der Waals surface area contributed by atoms with E-state index in [1.165, 1.54) is 21.5 Å². The highest BCUT2D eigenvalue weighted by molar-refractivity contribution is 7.64. The molecule has 0 nitrogen and oxygen atoms in total. The van der Waals surface area contributed by atoms with Crippen molar-refractivity contribution in [3.8, 4) is 0 Å². The molecule has 14 heavy (non-hydrogen) atoms. The molecule has 1 aliphatic heterocycles. The van der Waals surface area contributed by atoms with Gasteiger partial charge in [-0.2, -0.15) is 11.1 Å². The lowest BCUT2D eigenvalue weighted by Gasteiger charge is -2.35. The van der Waals surface area contributed by atoms with Crippen molar-refractivity contribution in [1.82, 2.24) is 0 Å². The predicted octanol–water partition coefficient (Wildman–Crippen LogP) is 4.35. The highest BCUT2D eigenvalue weighted by atomic mass is 35.6. The molecular formula is C11H21ClSi2. The molecule has 1 aliphatic rings. The molecule has 0 saturated heterocycles. The van der Waals surface area contributed by atoms with Crippen molar-refractivity contribution in [2.45, 2.75) is 47.3 Å². The molecule has 0 radical (unpaired) electrons. The van der Waals surface area contributed by atoms with Crippen LogP contribution in [0.1, 0.15) is 27.7 Å². The van der Waals surface area contributed by atoms with E-state index in [4.69, 9.17) is 11.1 Å². The Hall–Kier alpha value is 0.204. The van der Waals surface area contributed by atoms with E-state index in [1.54, 1.807) is 0 Å². The molecule has 0 spiro atoms. The fraction of sp³-hybridized carbons (Fsp3) is 0.636. The molecule has 80 valence electrons. The minimum Gasteiger partial charge on any atom is -0.159 e. The second-order valence-corrected chi connectivity index (χ2v) is 22.1. The highest BCUT2D eigenvalue weighted by Gasteiger charge is 2.51. The summed E-state index contributed by atoms with van der Waals surface area (Å²) in [6, 6.07) is 0. The smallest absolute Gasteiger partial charge is 0.159 e. The fourth-order valence-electron chi connectivity index (χ4n) is 2.49. The van der Waals surface area contributed by atoms with Crippen molar-refractivity contribution in [3.63, 3.8) is 0 Å². The van der Waals surface area contributed by atoms with Gasteiger partial charge in [-0.3, -0.25) is 0 Å². The summed E-state index contributed by atoms with van der Waals surface area (Å²) in [5.74, 6) is 0. The minimum atomic E-state index is -1.75. The van der Waals surface area contributed by atoms with Crippen molar-refractivity contribution in [2.24, 2.45) is 0 Å². The van der Waals surface area contributed by atoms with Crippen LogP contribution in [0.2, 0.25) is 19.6 Å². The molecule has 0 aliphatic carbocycles. The summed E-state index contributed by atoms with van der Waals surface area (Å²) in [4.78, 5) is 0. The van der Waals surface area contributed by atoms with E-state index in [0.29, 0.717) is 0 Å². The monoisotopic (exact) mass is 244 g/mol. The number of rotatable bonds is 1. The summed E-state index contributed by atoms with van der Waals surface area (Å²) in [7, 11) is -1.27. The zero-order valence-corrected chi connectivity index (χ0v) is 13.1. The van der Waals surface area contributed by atoms with Gasteiger partial charge in [0.2, 0.25) is 0 Å². The standard InChI is InChI=1S/C11H21ClSi2/c1-8-9(2)11(4)14(12,10(8)3)13(5,6)7/h1-7H3. The largest absolute Gasteiger partial charge is 0.197 e. The van der Waals surface area contributed by atoms with E-state index < -0.39 is 14.5 Å². The Morgan fingerprint density at radius 2 is 1.14 bits per heavy atom. The normalized spacial score (nSPS) is 22.3. The van der Waals surface area contributed by atoms with Crippen LogP contribution in [-0.4, -0.2) is 14.5 Å². The molecule has 1 rings (SSSR count). The Bertz CT molecular complexity index is 308. The maximum atomic E-state index is 7.02. The first-order chi connectivity index (χ1) is 6.14. The van der Waals surface area contributed by atoms with Gasteiger partial charge in [0.25, 0.3) is 0 Å². The average molecular weight is 245 g/mol. The van der Waals surface area contributed by atoms with Crippen LogP contribution in [0.15, 0.2) is 21.5 Å². The summed E-state index contributed by atoms with van der Waals surface area (Å²) in [6.07, 6.45) is 0. The minimum absolute atomic E-state index is 1.27. The van der Waals surface area contributed by atoms with E-state index in [1.807, 2.05) is 0 Å². The molecule has 0 saturated carbocycles. The zero-order valence-electron chi connectivity index (χ0n) is 10.4. The number of hydrogen-bond acceptors (Lipinski definition) is 0. The van der Waals surface area contributed by atoms with Crippen molar-refractivity contribution in [2.75, 3.05) is 0 Å². The van der Waals surface area contributed by atoms with Crippen molar-refractivity contribution < 1.29 is 0 Å². The van der Waals surface area contributed by atoms with Gasteiger partial charge in [-0.25, -0.2) is 0 Å². The highest BCUT2D eigenvalue weighted by Crippen LogP contribution is 2.45. The molecule has 0 bridgehead atoms. The van der Waals surface area contributed by atoms with E-state index in [2.05, 4.69) is 47.3 Å². The molecule has 0 aromatic carbocycles. The summed E-state index contributed by atoms with van der Waals surface area (Å²) in [5, 5.41) is 3.04. The lowest BCUT2D eigenvalue weighted by Crippen LogP contribution is -2.54. The first-order valence-electron chi connectivity index (χ1n) is 5.19. The second-order valence-electron chi connectivity index (χ2n) is 5.41. The summed E-state index contributed by atoms with van der Waals surface area (Å²) in [6.45, 7) is 14.4. The first kappa shape index (κ1) is 12.3. The maximum Gasteiger partial charge on any atom is 0.197 e. The van der Waals surface area contributed by atoms with Crippen LogP contribution in [0.5, 0.6) is 0 Å². The summed E-state index contributed by atoms with van der Waals surface area (Å²) < 4.78 is 0. The maximum absolute atomic E-state index is 7.02. The van der Waals surface area contributed by atoms with Gasteiger partial charge in [0.15, 0.2) is 6.90 Å². The van der Waals surface area contributed by atoms with Crippen molar-refractivity contribution >= 4 is 25.6 Å². The number of hydrogen-bond donors (Lipinski definition) is 0. The first-order valence-corrected chi connectivity index (χ1v) is 12.7. The van der Waals surface area contributed by atoms with Crippen LogP contribution in [0.3, 0.4) is 0 Å². The number of allylic oxidation sites excluding steroid dienone is 4. The number of halogens is 1. The average Bonchev–Trinajstić information content (AvgIpc) is 2.21. The molecule has 0 N–H and O–H groups in total. The fourth-order valence-corrected chi connectivity index (χ4v) is 15.4. The molecule has 0 aromatic rings. The molecule has 0 amide bonds. The lowest BCUT2D eigenvalue weighted by atomic mass is 10.1. The van der Waals surface area contributed by atoms with Crippen LogP contribution < -0.4 is 0 Å². The van der Waals surface area contributed by atoms with Crippen LogP contribution in [0.25, 0.3) is 0 Å². The van der Waals surface area contributed by atoms with Gasteiger partial charge in [-0.1, -0.05) is 41.2 Å². The molecule has 0 unspecified atom stereocenters. The van der Waals surface area contributed by atoms with Crippen molar-refractivity contribution in [1.29, 1.82) is 0 Å². The van der Waals surface area contributed by atoms with Gasteiger partial charge in [0.05, 0.1) is 7.59 Å². The van der Waals surface area contributed by atoms with Crippen LogP contribution in [-0.2, 0) is 0 Å². The Kier molecular flexibility index (Phi) is 2.94. The van der Waals surface area contributed by atoms with Gasteiger partial charge in [-0.05, 0) is 27.7 Å². The SMILES string of the molecule is CC1=C(C)[Si](Cl)([Si](C)(C)C)C(C)=C1C. The molecule has 0 fully saturated rings. The van der Waals surface area contributed by atoms with Gasteiger partial charge in [0.1, 0.15) is 0 Å². The zero-order chi connectivity index (χ0) is 11.3. The topological polar surface area (TPSA) is 0 Å². The van der Waals surface area contributed by atoms with Gasteiger partial charge in [0, 0.05) is 0 Å². The summed E-state index contributed by atoms with van der Waals surface area (Å²) >= 11 is 7.02. The molecule has 3 heteroatoms. The summed E-state index contributed by atoms with van der Waals surface area (Å²) in [5.41, 5.74) is 2.93. The van der Waals surface area contributed by atoms with Gasteiger partial charge in [-0.15, -0.1) is 0 Å². The third-order valence-electron chi connectivity index (χ3n) is 3.75. The second kappa shape index (κ2) is 3.36. The third-order valence-corrected chi connectivity index (χ3v) is 23.9. The van der Waals surface area contributed by atoms with Crippen LogP contribution in [0, 0.1) is 0 Å². The molecule has 1 heterocycles. The Morgan fingerprint density at radius 1 is 0.857 bits per heavy atom. The Balaban J connectivity index is 3.42. The quantitative estimate of drug-likeness (QED) is 0.475.